The molecule has 0 aliphatic carbocycles. The third-order valence-electron chi connectivity index (χ3n) is 7.47. The number of nitrogens with one attached hydrogen (secondary N) is 1. The lowest BCUT2D eigenvalue weighted by Gasteiger charge is -2.34. The first-order valence-corrected chi connectivity index (χ1v) is 17.1. The van der Waals surface area contributed by atoms with Crippen molar-refractivity contribution in [2.45, 2.75) is 57.1 Å². The average Bonchev–Trinajstić information content (AvgIpc) is 3.03. The van der Waals surface area contributed by atoms with Gasteiger partial charge in [0.1, 0.15) is 12.6 Å². The maximum absolute atomic E-state index is 14.5. The van der Waals surface area contributed by atoms with Crippen molar-refractivity contribution in [1.29, 1.82) is 0 Å². The minimum Gasteiger partial charge on any atom is -0.352 e. The molecule has 0 aliphatic rings. The van der Waals surface area contributed by atoms with Crippen molar-refractivity contribution < 1.29 is 18.0 Å². The van der Waals surface area contributed by atoms with Crippen LogP contribution in [0.4, 0.5) is 5.69 Å². The molecule has 0 spiro atoms. The maximum Gasteiger partial charge on any atom is 0.264 e. The van der Waals surface area contributed by atoms with Gasteiger partial charge in [-0.2, -0.15) is 0 Å². The molecule has 1 N–H and O–H groups in total. The fraction of sp³-hybridized carbons (Fsp3) is 0.257. The Morgan fingerprint density at radius 1 is 0.818 bits per heavy atom. The largest absolute Gasteiger partial charge is 0.352 e. The highest BCUT2D eigenvalue weighted by Gasteiger charge is 2.35. The Bertz CT molecular complexity index is 1630. The van der Waals surface area contributed by atoms with Crippen molar-refractivity contribution in [2.24, 2.45) is 0 Å². The Balaban J connectivity index is 1.79. The maximum atomic E-state index is 14.5. The summed E-state index contributed by atoms with van der Waals surface area (Å²) in [6, 6.07) is 31.4. The van der Waals surface area contributed by atoms with E-state index in [0.717, 1.165) is 31.0 Å². The zero-order valence-corrected chi connectivity index (χ0v) is 28.2. The van der Waals surface area contributed by atoms with Crippen molar-refractivity contribution in [2.75, 3.05) is 10.8 Å². The van der Waals surface area contributed by atoms with Gasteiger partial charge in [-0.1, -0.05) is 85.3 Å². The van der Waals surface area contributed by atoms with Crippen molar-refractivity contribution in [3.05, 3.63) is 129 Å². The summed E-state index contributed by atoms with van der Waals surface area (Å²) in [6.45, 7) is 5.55. The molecule has 0 saturated heterocycles. The van der Waals surface area contributed by atoms with E-state index in [1.807, 2.05) is 75.4 Å². The van der Waals surface area contributed by atoms with Crippen LogP contribution in [-0.2, 0) is 32.6 Å². The van der Waals surface area contributed by atoms with Crippen LogP contribution in [0.5, 0.6) is 0 Å². The number of rotatable bonds is 13. The first kappa shape index (κ1) is 33.2. The fourth-order valence-electron chi connectivity index (χ4n) is 4.74. The molecule has 0 unspecified atom stereocenters. The molecule has 9 heteroatoms. The molecule has 0 heterocycles. The lowest BCUT2D eigenvalue weighted by molar-refractivity contribution is -0.140. The summed E-state index contributed by atoms with van der Waals surface area (Å²) in [6.07, 6.45) is 1.00. The van der Waals surface area contributed by atoms with Gasteiger partial charge < -0.3 is 10.2 Å². The van der Waals surface area contributed by atoms with Crippen molar-refractivity contribution in [3.63, 3.8) is 0 Å². The summed E-state index contributed by atoms with van der Waals surface area (Å²) in [5.74, 6) is -0.765. The Kier molecular flexibility index (Phi) is 11.6. The van der Waals surface area contributed by atoms with Crippen LogP contribution in [0.2, 0.25) is 0 Å². The Morgan fingerprint density at radius 2 is 1.41 bits per heavy atom. The molecular formula is C35H38IN3O4S. The van der Waals surface area contributed by atoms with Gasteiger partial charge in [-0.25, -0.2) is 8.42 Å². The first-order valence-electron chi connectivity index (χ1n) is 14.6. The lowest BCUT2D eigenvalue weighted by atomic mass is 10.0. The monoisotopic (exact) mass is 723 g/mol. The molecule has 0 bridgehead atoms. The quantitative estimate of drug-likeness (QED) is 0.163. The number of amides is 2. The van der Waals surface area contributed by atoms with Gasteiger partial charge in [0.2, 0.25) is 11.8 Å². The summed E-state index contributed by atoms with van der Waals surface area (Å²) in [5.41, 5.74) is 3.16. The molecule has 2 amide bonds. The summed E-state index contributed by atoms with van der Waals surface area (Å²) in [4.78, 5) is 30.0. The summed E-state index contributed by atoms with van der Waals surface area (Å²) in [5, 5.41) is 3.06. The highest BCUT2D eigenvalue weighted by Crippen LogP contribution is 2.26. The third-order valence-corrected chi connectivity index (χ3v) is 9.98. The van der Waals surface area contributed by atoms with E-state index in [2.05, 4.69) is 27.9 Å². The molecule has 0 aliphatic heterocycles. The van der Waals surface area contributed by atoms with E-state index in [0.29, 0.717) is 5.69 Å². The number of sulfonamides is 1. The Labute approximate surface area is 274 Å². The van der Waals surface area contributed by atoms with Crippen molar-refractivity contribution in [1.82, 2.24) is 10.2 Å². The highest BCUT2D eigenvalue weighted by molar-refractivity contribution is 14.1. The normalized spacial score (nSPS) is 12.6. The van der Waals surface area contributed by atoms with Crippen LogP contribution in [-0.4, -0.2) is 43.8 Å². The molecule has 0 aromatic heterocycles. The van der Waals surface area contributed by atoms with E-state index in [-0.39, 0.29) is 29.8 Å². The molecule has 0 fully saturated rings. The number of hydrogen-bond donors (Lipinski definition) is 1. The van der Waals surface area contributed by atoms with Crippen LogP contribution >= 0.6 is 22.6 Å². The molecule has 230 valence electrons. The SMILES string of the molecule is CC[C@H](C)NC(=O)[C@@H](Cc1ccccc1)N(Cc1ccc(C)cc1)C(=O)CN(c1ccc(I)cc1)S(=O)(=O)c1ccccc1. The zero-order chi connectivity index (χ0) is 31.7. The molecule has 44 heavy (non-hydrogen) atoms. The molecule has 0 saturated carbocycles. The zero-order valence-electron chi connectivity index (χ0n) is 25.2. The van der Waals surface area contributed by atoms with Gasteiger partial charge in [0.25, 0.3) is 10.0 Å². The van der Waals surface area contributed by atoms with Gasteiger partial charge in [-0.05, 0) is 90.4 Å². The number of halogens is 1. The summed E-state index contributed by atoms with van der Waals surface area (Å²) < 4.78 is 30.1. The first-order chi connectivity index (χ1) is 21.1. The predicted octanol–water partition coefficient (Wildman–Crippen LogP) is 6.35. The van der Waals surface area contributed by atoms with E-state index < -0.39 is 28.5 Å². The second-order valence-corrected chi connectivity index (χ2v) is 13.9. The fourth-order valence-corrected chi connectivity index (χ4v) is 6.54. The van der Waals surface area contributed by atoms with E-state index in [1.54, 1.807) is 42.5 Å². The Hall–Kier alpha value is -3.70. The van der Waals surface area contributed by atoms with Crippen LogP contribution in [0.15, 0.2) is 114 Å². The van der Waals surface area contributed by atoms with Crippen LogP contribution < -0.4 is 9.62 Å². The van der Waals surface area contributed by atoms with E-state index in [1.165, 1.54) is 17.0 Å². The van der Waals surface area contributed by atoms with Crippen LogP contribution in [0, 0.1) is 10.5 Å². The highest BCUT2D eigenvalue weighted by atomic mass is 127. The number of carbonyl (C=O) groups excluding carboxylic acids is 2. The number of nitrogens with zero attached hydrogens (tertiary/aromatic N) is 2. The van der Waals surface area contributed by atoms with Gasteiger partial charge in [-0.15, -0.1) is 0 Å². The number of anilines is 1. The Morgan fingerprint density at radius 3 is 2.00 bits per heavy atom. The number of carbonyl (C=O) groups is 2. The smallest absolute Gasteiger partial charge is 0.264 e. The minimum atomic E-state index is -4.12. The van der Waals surface area contributed by atoms with Crippen LogP contribution in [0.1, 0.15) is 37.0 Å². The number of benzene rings is 4. The van der Waals surface area contributed by atoms with Gasteiger partial charge in [-0.3, -0.25) is 13.9 Å². The average molecular weight is 724 g/mol. The molecule has 4 rings (SSSR count). The minimum absolute atomic E-state index is 0.0757. The standard InChI is InChI=1S/C35H38IN3O4S/c1-4-27(3)37-35(41)33(23-28-11-7-5-8-12-28)38(24-29-17-15-26(2)16-18-29)34(40)25-39(31-21-19-30(36)20-22-31)44(42,43)32-13-9-6-10-14-32/h5-22,27,33H,4,23-25H2,1-3H3,(H,37,41)/t27-,33+/m0/s1. The number of aryl methyl sites for hydroxylation is 1. The molecule has 4 aromatic carbocycles. The summed E-state index contributed by atoms with van der Waals surface area (Å²) in [7, 11) is -4.12. The second-order valence-electron chi connectivity index (χ2n) is 10.8. The van der Waals surface area contributed by atoms with Gasteiger partial charge in [0.05, 0.1) is 10.6 Å². The van der Waals surface area contributed by atoms with Gasteiger partial charge >= 0.3 is 0 Å². The van der Waals surface area contributed by atoms with Crippen LogP contribution in [0.3, 0.4) is 0 Å². The van der Waals surface area contributed by atoms with Crippen molar-refractivity contribution in [3.8, 4) is 0 Å². The van der Waals surface area contributed by atoms with Gasteiger partial charge in [0.15, 0.2) is 0 Å². The van der Waals surface area contributed by atoms with Gasteiger partial charge in [0, 0.05) is 22.6 Å². The lowest BCUT2D eigenvalue weighted by Crippen LogP contribution is -2.54. The number of hydrogen-bond acceptors (Lipinski definition) is 4. The third kappa shape index (κ3) is 8.69. The molecule has 2 atom stereocenters. The van der Waals surface area contributed by atoms with E-state index in [9.17, 15) is 18.0 Å². The predicted molar refractivity (Wildman–Crippen MR) is 184 cm³/mol. The molecule has 4 aromatic rings. The van der Waals surface area contributed by atoms with Crippen molar-refractivity contribution >= 4 is 50.1 Å². The molecular weight excluding hydrogens is 685 g/mol. The van der Waals surface area contributed by atoms with E-state index in [4.69, 9.17) is 0 Å². The topological polar surface area (TPSA) is 86.8 Å². The molecule has 0 radical (unpaired) electrons. The second kappa shape index (κ2) is 15.3. The molecule has 7 nitrogen and oxygen atoms in total. The van der Waals surface area contributed by atoms with E-state index >= 15 is 0 Å². The summed E-state index contributed by atoms with van der Waals surface area (Å²) >= 11 is 2.15. The van der Waals surface area contributed by atoms with Crippen LogP contribution in [0.25, 0.3) is 0 Å².